The van der Waals surface area contributed by atoms with Gasteiger partial charge >= 0.3 is 6.09 Å². The second-order valence-electron chi connectivity index (χ2n) is 11.6. The summed E-state index contributed by atoms with van der Waals surface area (Å²) in [4.78, 5) is 53.9. The summed E-state index contributed by atoms with van der Waals surface area (Å²) >= 11 is 0. The van der Waals surface area contributed by atoms with Crippen molar-refractivity contribution in [1.82, 2.24) is 15.5 Å². The molecule has 9 heteroatoms. The van der Waals surface area contributed by atoms with Crippen LogP contribution in [0, 0.1) is 5.92 Å². The number of nitrogens with two attached hydrogens (primary N) is 1. The number of rotatable bonds is 16. The maximum absolute atomic E-state index is 14.3. The summed E-state index contributed by atoms with van der Waals surface area (Å²) in [7, 11) is 0. The lowest BCUT2D eigenvalue weighted by Gasteiger charge is -2.39. The number of hydrogen-bond donors (Lipinski definition) is 3. The van der Waals surface area contributed by atoms with Crippen LogP contribution >= 0.6 is 0 Å². The molecule has 0 aliphatic rings. The van der Waals surface area contributed by atoms with Crippen LogP contribution in [0.5, 0.6) is 0 Å². The first kappa shape index (κ1) is 33.9. The molecule has 1 aromatic rings. The molecule has 1 aromatic carbocycles. The molecular formula is C30H50N4O5. The molecule has 0 bridgehead atoms. The Labute approximate surface area is 234 Å². The zero-order valence-corrected chi connectivity index (χ0v) is 24.9. The van der Waals surface area contributed by atoms with Crippen LogP contribution in [0.3, 0.4) is 0 Å². The Hall–Kier alpha value is -3.10. The van der Waals surface area contributed by atoms with E-state index in [0.717, 1.165) is 25.7 Å². The van der Waals surface area contributed by atoms with Crippen molar-refractivity contribution in [3.05, 3.63) is 35.9 Å². The van der Waals surface area contributed by atoms with Crippen molar-refractivity contribution >= 4 is 23.8 Å². The lowest BCUT2D eigenvalue weighted by Crippen LogP contribution is -2.55. The van der Waals surface area contributed by atoms with Gasteiger partial charge in [-0.25, -0.2) is 4.79 Å². The van der Waals surface area contributed by atoms with Crippen molar-refractivity contribution in [3.63, 3.8) is 0 Å². The van der Waals surface area contributed by atoms with Crippen molar-refractivity contribution in [3.8, 4) is 0 Å². The van der Waals surface area contributed by atoms with E-state index < -0.39 is 35.6 Å². The van der Waals surface area contributed by atoms with Crippen molar-refractivity contribution in [2.45, 2.75) is 117 Å². The van der Waals surface area contributed by atoms with E-state index >= 15 is 0 Å². The first-order valence-corrected chi connectivity index (χ1v) is 14.2. The number of ether oxygens (including phenoxy) is 1. The number of nitrogens with one attached hydrogen (secondary N) is 2. The molecule has 4 amide bonds. The quantitative estimate of drug-likeness (QED) is 0.255. The molecular weight excluding hydrogens is 496 g/mol. The minimum absolute atomic E-state index is 0.0135. The van der Waals surface area contributed by atoms with Crippen LogP contribution in [-0.2, 0) is 19.1 Å². The third-order valence-corrected chi connectivity index (χ3v) is 6.28. The first-order valence-electron chi connectivity index (χ1n) is 14.2. The molecule has 0 aliphatic heterocycles. The van der Waals surface area contributed by atoms with E-state index in [-0.39, 0.29) is 24.8 Å². The number of benzene rings is 1. The molecule has 39 heavy (non-hydrogen) atoms. The third kappa shape index (κ3) is 13.0. The molecule has 0 spiro atoms. The number of alkyl carbamates (subject to hydrolysis) is 1. The van der Waals surface area contributed by atoms with Crippen LogP contribution in [0.15, 0.2) is 30.3 Å². The minimum Gasteiger partial charge on any atom is -0.444 e. The molecule has 0 heterocycles. The normalized spacial score (nSPS) is 13.7. The summed E-state index contributed by atoms with van der Waals surface area (Å²) in [6, 6.07) is 6.81. The topological polar surface area (TPSA) is 131 Å². The van der Waals surface area contributed by atoms with Crippen LogP contribution in [0.25, 0.3) is 0 Å². The number of amides is 4. The molecule has 3 unspecified atom stereocenters. The molecule has 0 radical (unpaired) electrons. The second kappa shape index (κ2) is 16.8. The van der Waals surface area contributed by atoms with Crippen LogP contribution < -0.4 is 16.4 Å². The zero-order valence-electron chi connectivity index (χ0n) is 24.9. The lowest BCUT2D eigenvalue weighted by atomic mass is 9.96. The highest BCUT2D eigenvalue weighted by atomic mass is 16.6. The van der Waals surface area contributed by atoms with Crippen LogP contribution in [0.1, 0.15) is 105 Å². The molecule has 0 aliphatic carbocycles. The molecule has 0 saturated heterocycles. The van der Waals surface area contributed by atoms with Gasteiger partial charge in [-0.05, 0) is 64.9 Å². The van der Waals surface area contributed by atoms with Gasteiger partial charge in [-0.2, -0.15) is 0 Å². The van der Waals surface area contributed by atoms with E-state index in [2.05, 4.69) is 31.4 Å². The summed E-state index contributed by atoms with van der Waals surface area (Å²) in [6.45, 7) is 13.9. The predicted molar refractivity (Wildman–Crippen MR) is 154 cm³/mol. The van der Waals surface area contributed by atoms with Gasteiger partial charge in [0.15, 0.2) is 0 Å². The average molecular weight is 547 g/mol. The fourth-order valence-electron chi connectivity index (χ4n) is 4.24. The van der Waals surface area contributed by atoms with Crippen LogP contribution in [0.2, 0.25) is 0 Å². The molecule has 0 fully saturated rings. The Morgan fingerprint density at radius 3 is 2.15 bits per heavy atom. The Morgan fingerprint density at radius 2 is 1.62 bits per heavy atom. The molecule has 220 valence electrons. The van der Waals surface area contributed by atoms with Gasteiger partial charge in [0, 0.05) is 19.0 Å². The molecule has 1 rings (SSSR count). The van der Waals surface area contributed by atoms with Gasteiger partial charge in [-0.1, -0.05) is 63.9 Å². The van der Waals surface area contributed by atoms with Gasteiger partial charge in [-0.3, -0.25) is 14.4 Å². The zero-order chi connectivity index (χ0) is 29.6. The Kier molecular flexibility index (Phi) is 14.6. The van der Waals surface area contributed by atoms with Crippen molar-refractivity contribution in [2.75, 3.05) is 6.54 Å². The number of unbranched alkanes of at least 4 members (excludes halogenated alkanes) is 2. The molecule has 3 atom stereocenters. The first-order chi connectivity index (χ1) is 18.3. The minimum atomic E-state index is -1.10. The number of carbonyl (C=O) groups excluding carboxylic acids is 4. The Balaban J connectivity index is 3.51. The van der Waals surface area contributed by atoms with Crippen molar-refractivity contribution in [2.24, 2.45) is 11.7 Å². The van der Waals surface area contributed by atoms with Gasteiger partial charge in [-0.15, -0.1) is 0 Å². The summed E-state index contributed by atoms with van der Waals surface area (Å²) in [5.74, 6) is -0.941. The molecule has 9 nitrogen and oxygen atoms in total. The smallest absolute Gasteiger partial charge is 0.408 e. The SMILES string of the molecule is CCCCCNC(=O)C(c1ccccc1)N(C(=O)C(CCC(N)=O)NC(=O)OC(C)(C)C)C(C)CCC(C)C. The summed E-state index contributed by atoms with van der Waals surface area (Å²) in [5, 5.41) is 5.66. The van der Waals surface area contributed by atoms with Crippen LogP contribution in [-0.4, -0.2) is 52.9 Å². The summed E-state index contributed by atoms with van der Waals surface area (Å²) in [5.41, 5.74) is 5.28. The van der Waals surface area contributed by atoms with Gasteiger partial charge < -0.3 is 26.0 Å². The number of primary amides is 1. The van der Waals surface area contributed by atoms with Gasteiger partial charge in [0.1, 0.15) is 17.7 Å². The fraction of sp³-hybridized carbons (Fsp3) is 0.667. The highest BCUT2D eigenvalue weighted by molar-refractivity contribution is 5.92. The lowest BCUT2D eigenvalue weighted by molar-refractivity contribution is -0.145. The molecule has 4 N–H and O–H groups in total. The van der Waals surface area contributed by atoms with Gasteiger partial charge in [0.25, 0.3) is 0 Å². The maximum Gasteiger partial charge on any atom is 0.408 e. The van der Waals surface area contributed by atoms with E-state index in [9.17, 15) is 19.2 Å². The third-order valence-electron chi connectivity index (χ3n) is 6.28. The number of carbonyl (C=O) groups is 4. The Bertz CT molecular complexity index is 914. The number of nitrogens with zero attached hydrogens (tertiary/aromatic N) is 1. The van der Waals surface area contributed by atoms with Crippen molar-refractivity contribution < 1.29 is 23.9 Å². The Morgan fingerprint density at radius 1 is 0.974 bits per heavy atom. The van der Waals surface area contributed by atoms with Gasteiger partial charge in [0.05, 0.1) is 0 Å². The van der Waals surface area contributed by atoms with E-state index in [1.807, 2.05) is 37.3 Å². The molecule has 0 saturated carbocycles. The summed E-state index contributed by atoms with van der Waals surface area (Å²) < 4.78 is 5.40. The fourth-order valence-corrected chi connectivity index (χ4v) is 4.24. The summed E-state index contributed by atoms with van der Waals surface area (Å²) in [6.07, 6.45) is 3.44. The average Bonchev–Trinajstić information content (AvgIpc) is 2.84. The number of hydrogen-bond acceptors (Lipinski definition) is 5. The second-order valence-corrected chi connectivity index (χ2v) is 11.6. The maximum atomic E-state index is 14.3. The van der Waals surface area contributed by atoms with Crippen LogP contribution in [0.4, 0.5) is 4.79 Å². The van der Waals surface area contributed by atoms with Gasteiger partial charge in [0.2, 0.25) is 17.7 Å². The molecule has 0 aromatic heterocycles. The van der Waals surface area contributed by atoms with E-state index in [1.165, 1.54) is 0 Å². The highest BCUT2D eigenvalue weighted by Gasteiger charge is 2.38. The van der Waals surface area contributed by atoms with E-state index in [4.69, 9.17) is 10.5 Å². The monoisotopic (exact) mass is 546 g/mol. The van der Waals surface area contributed by atoms with E-state index in [1.54, 1.807) is 25.7 Å². The van der Waals surface area contributed by atoms with Crippen molar-refractivity contribution in [1.29, 1.82) is 0 Å². The standard InChI is InChI=1S/C30H50N4O5/c1-8-9-13-20-32-27(36)26(23-14-11-10-12-15-23)34(22(4)17-16-21(2)3)28(37)24(18-19-25(31)35)33-29(38)39-30(5,6)7/h10-12,14-15,21-22,24,26H,8-9,13,16-20H2,1-7H3,(H2,31,35)(H,32,36)(H,33,38). The van der Waals surface area contributed by atoms with E-state index in [0.29, 0.717) is 24.4 Å². The largest absolute Gasteiger partial charge is 0.444 e. The predicted octanol–water partition coefficient (Wildman–Crippen LogP) is 4.85. The highest BCUT2D eigenvalue weighted by Crippen LogP contribution is 2.28.